The molecule has 4 aromatic rings. The standard InChI is InChI=1S/C32H26BrClN2O7S/c1-4-40-31(38)27-17(2)35-32-36(28(27)20-7-10-23-24(14-20)43-16-42-23)30(37)26(44-32)13-19-11-22(33)29(25(12-19)39-3)41-15-18-5-8-21(34)9-6-18/h5-14,28H,4,15-16H2,1-3H3. The summed E-state index contributed by atoms with van der Waals surface area (Å²) >= 11 is 10.8. The normalized spacial score (nSPS) is 15.6. The molecule has 0 radical (unpaired) electrons. The van der Waals surface area contributed by atoms with E-state index in [1.807, 2.05) is 24.3 Å². The molecule has 0 bridgehead atoms. The van der Waals surface area contributed by atoms with Gasteiger partial charge in [0.1, 0.15) is 6.61 Å². The Hall–Kier alpha value is -4.06. The summed E-state index contributed by atoms with van der Waals surface area (Å²) in [4.78, 5) is 32.3. The molecule has 1 atom stereocenters. The molecule has 0 saturated heterocycles. The molecule has 6 rings (SSSR count). The Morgan fingerprint density at radius 2 is 1.93 bits per heavy atom. The van der Waals surface area contributed by atoms with Crippen LogP contribution in [0.25, 0.3) is 6.08 Å². The molecular weight excluding hydrogens is 672 g/mol. The zero-order valence-corrected chi connectivity index (χ0v) is 27.0. The van der Waals surface area contributed by atoms with E-state index in [2.05, 4.69) is 20.9 Å². The molecule has 0 fully saturated rings. The highest BCUT2D eigenvalue weighted by atomic mass is 79.9. The number of hydrogen-bond donors (Lipinski definition) is 0. The molecule has 0 aliphatic carbocycles. The zero-order valence-electron chi connectivity index (χ0n) is 23.9. The largest absolute Gasteiger partial charge is 0.493 e. The number of fused-ring (bicyclic) bond motifs is 2. The van der Waals surface area contributed by atoms with E-state index in [-0.39, 0.29) is 24.5 Å². The van der Waals surface area contributed by atoms with Crippen LogP contribution in [0.15, 0.2) is 80.1 Å². The fraction of sp³-hybridized carbons (Fsp3) is 0.219. The highest BCUT2D eigenvalue weighted by Crippen LogP contribution is 2.39. The van der Waals surface area contributed by atoms with Crippen LogP contribution in [0.1, 0.15) is 36.6 Å². The van der Waals surface area contributed by atoms with Crippen molar-refractivity contribution in [1.82, 2.24) is 4.57 Å². The predicted octanol–water partition coefficient (Wildman–Crippen LogP) is 5.53. The van der Waals surface area contributed by atoms with Crippen molar-refractivity contribution in [2.24, 2.45) is 4.99 Å². The summed E-state index contributed by atoms with van der Waals surface area (Å²) in [6.45, 7) is 4.08. The number of ether oxygens (including phenoxy) is 5. The Balaban J connectivity index is 1.41. The average Bonchev–Trinajstić information content (AvgIpc) is 3.60. The van der Waals surface area contributed by atoms with E-state index in [4.69, 9.17) is 35.3 Å². The van der Waals surface area contributed by atoms with Crippen molar-refractivity contribution in [2.75, 3.05) is 20.5 Å². The molecule has 1 unspecified atom stereocenters. The summed E-state index contributed by atoms with van der Waals surface area (Å²) in [6, 6.07) is 15.6. The predicted molar refractivity (Wildman–Crippen MR) is 169 cm³/mol. The highest BCUT2D eigenvalue weighted by Gasteiger charge is 2.34. The number of allylic oxidation sites excluding steroid dienone is 1. The van der Waals surface area contributed by atoms with Gasteiger partial charge < -0.3 is 23.7 Å². The second-order valence-corrected chi connectivity index (χ2v) is 12.2. The fourth-order valence-electron chi connectivity index (χ4n) is 5.04. The Kier molecular flexibility index (Phi) is 8.53. The second kappa shape index (κ2) is 12.5. The molecule has 2 aliphatic rings. The smallest absolute Gasteiger partial charge is 0.338 e. The topological polar surface area (TPSA) is 97.6 Å². The lowest BCUT2D eigenvalue weighted by atomic mass is 9.95. The number of hydrogen-bond acceptors (Lipinski definition) is 9. The lowest BCUT2D eigenvalue weighted by Crippen LogP contribution is -2.39. The first-order chi connectivity index (χ1) is 21.3. The number of esters is 1. The molecule has 2 aliphatic heterocycles. The molecule has 3 aromatic carbocycles. The van der Waals surface area contributed by atoms with Crippen LogP contribution in [0.4, 0.5) is 0 Å². The lowest BCUT2D eigenvalue weighted by molar-refractivity contribution is -0.139. The number of thiazole rings is 1. The van der Waals surface area contributed by atoms with Crippen LogP contribution < -0.4 is 33.8 Å². The highest BCUT2D eigenvalue weighted by molar-refractivity contribution is 9.10. The molecule has 44 heavy (non-hydrogen) atoms. The summed E-state index contributed by atoms with van der Waals surface area (Å²) < 4.78 is 30.8. The molecule has 1 aromatic heterocycles. The number of aromatic nitrogens is 1. The van der Waals surface area contributed by atoms with E-state index >= 15 is 0 Å². The van der Waals surface area contributed by atoms with Crippen molar-refractivity contribution < 1.29 is 28.5 Å². The Labute approximate surface area is 269 Å². The van der Waals surface area contributed by atoms with Gasteiger partial charge in [-0.1, -0.05) is 41.1 Å². The fourth-order valence-corrected chi connectivity index (χ4v) is 6.79. The second-order valence-electron chi connectivity index (χ2n) is 9.86. The molecule has 0 amide bonds. The quantitative estimate of drug-likeness (QED) is 0.224. The van der Waals surface area contributed by atoms with E-state index in [0.717, 1.165) is 5.56 Å². The van der Waals surface area contributed by atoms with Crippen molar-refractivity contribution in [3.05, 3.63) is 112 Å². The number of methoxy groups -OCH3 is 1. The van der Waals surface area contributed by atoms with E-state index in [1.165, 1.54) is 15.9 Å². The van der Waals surface area contributed by atoms with Crippen LogP contribution in [0.5, 0.6) is 23.0 Å². The van der Waals surface area contributed by atoms with Crippen molar-refractivity contribution in [2.45, 2.75) is 26.5 Å². The zero-order chi connectivity index (χ0) is 31.0. The number of rotatable bonds is 8. The van der Waals surface area contributed by atoms with Gasteiger partial charge in [-0.25, -0.2) is 9.79 Å². The SMILES string of the molecule is CCOC(=O)C1=C(C)N=c2sc(=Cc3cc(Br)c(OCc4ccc(Cl)cc4)c(OC)c3)c(=O)n2C1c1ccc2c(c1)OCO2. The van der Waals surface area contributed by atoms with Crippen LogP contribution in [0.2, 0.25) is 5.02 Å². The van der Waals surface area contributed by atoms with Gasteiger partial charge >= 0.3 is 5.97 Å². The molecule has 9 nitrogen and oxygen atoms in total. The van der Waals surface area contributed by atoms with Gasteiger partial charge in [0.05, 0.1) is 40.0 Å². The maximum atomic E-state index is 14.0. The van der Waals surface area contributed by atoms with Gasteiger partial charge in [0.25, 0.3) is 5.56 Å². The van der Waals surface area contributed by atoms with Gasteiger partial charge in [-0.2, -0.15) is 0 Å². The molecule has 12 heteroatoms. The Morgan fingerprint density at radius 1 is 1.16 bits per heavy atom. The van der Waals surface area contributed by atoms with Crippen LogP contribution in [-0.2, 0) is 16.1 Å². The first kappa shape index (κ1) is 30.0. The van der Waals surface area contributed by atoms with Crippen LogP contribution in [0, 0.1) is 0 Å². The number of benzene rings is 3. The molecule has 0 saturated carbocycles. The molecule has 0 N–H and O–H groups in total. The Bertz CT molecular complexity index is 1990. The first-order valence-electron chi connectivity index (χ1n) is 13.6. The first-order valence-corrected chi connectivity index (χ1v) is 15.6. The van der Waals surface area contributed by atoms with Gasteiger partial charge in [-0.15, -0.1) is 0 Å². The lowest BCUT2D eigenvalue weighted by Gasteiger charge is -2.24. The maximum absolute atomic E-state index is 14.0. The van der Waals surface area contributed by atoms with Gasteiger partial charge in [0.2, 0.25) is 6.79 Å². The van der Waals surface area contributed by atoms with Gasteiger partial charge in [-0.3, -0.25) is 9.36 Å². The molecule has 226 valence electrons. The number of nitrogens with zero attached hydrogens (tertiary/aromatic N) is 2. The maximum Gasteiger partial charge on any atom is 0.338 e. The van der Waals surface area contributed by atoms with Crippen LogP contribution in [0.3, 0.4) is 0 Å². The number of carbonyl (C=O) groups excluding carboxylic acids is 1. The minimum absolute atomic E-state index is 0.102. The summed E-state index contributed by atoms with van der Waals surface area (Å²) in [6.07, 6.45) is 1.76. The van der Waals surface area contributed by atoms with Gasteiger partial charge in [0.15, 0.2) is 27.8 Å². The monoisotopic (exact) mass is 696 g/mol. The van der Waals surface area contributed by atoms with Crippen molar-refractivity contribution in [1.29, 1.82) is 0 Å². The number of carbonyl (C=O) groups is 1. The van der Waals surface area contributed by atoms with E-state index in [1.54, 1.807) is 57.4 Å². The third kappa shape index (κ3) is 5.74. The van der Waals surface area contributed by atoms with E-state index < -0.39 is 12.0 Å². The van der Waals surface area contributed by atoms with Crippen LogP contribution >= 0.6 is 38.9 Å². The van der Waals surface area contributed by atoms with Crippen molar-refractivity contribution in [3.63, 3.8) is 0 Å². The van der Waals surface area contributed by atoms with Crippen molar-refractivity contribution >= 4 is 50.9 Å². The minimum atomic E-state index is -0.771. The molecule has 0 spiro atoms. The average molecular weight is 698 g/mol. The summed E-state index contributed by atoms with van der Waals surface area (Å²) in [5.41, 5.74) is 2.79. The summed E-state index contributed by atoms with van der Waals surface area (Å²) in [5, 5.41) is 0.650. The minimum Gasteiger partial charge on any atom is -0.493 e. The third-order valence-electron chi connectivity index (χ3n) is 7.08. The van der Waals surface area contributed by atoms with Gasteiger partial charge in [0, 0.05) is 5.02 Å². The number of halogens is 2. The van der Waals surface area contributed by atoms with E-state index in [0.29, 0.717) is 65.3 Å². The van der Waals surface area contributed by atoms with E-state index in [9.17, 15) is 9.59 Å². The summed E-state index contributed by atoms with van der Waals surface area (Å²) in [7, 11) is 1.56. The molecule has 3 heterocycles. The third-order valence-corrected chi connectivity index (χ3v) is 8.90. The summed E-state index contributed by atoms with van der Waals surface area (Å²) in [5.74, 6) is 1.62. The van der Waals surface area contributed by atoms with Gasteiger partial charge in [-0.05, 0) is 88.9 Å². The molecular formula is C32H26BrClN2O7S. The van der Waals surface area contributed by atoms with Crippen molar-refractivity contribution in [3.8, 4) is 23.0 Å². The Morgan fingerprint density at radius 3 is 2.68 bits per heavy atom. The van der Waals surface area contributed by atoms with Crippen LogP contribution in [-0.4, -0.2) is 31.0 Å².